The van der Waals surface area contributed by atoms with Gasteiger partial charge in [0.25, 0.3) is 0 Å². The Morgan fingerprint density at radius 3 is 2.94 bits per heavy atom. The third-order valence-electron chi connectivity index (χ3n) is 2.51. The van der Waals surface area contributed by atoms with Gasteiger partial charge in [-0.1, -0.05) is 12.1 Å². The molecule has 90 valence electrons. The fourth-order valence-electron chi connectivity index (χ4n) is 1.72. The summed E-state index contributed by atoms with van der Waals surface area (Å²) in [6.07, 6.45) is 0. The highest BCUT2D eigenvalue weighted by Crippen LogP contribution is 2.25. The number of hydrogen-bond acceptors (Lipinski definition) is 3. The van der Waals surface area contributed by atoms with Gasteiger partial charge in [0.1, 0.15) is 0 Å². The lowest BCUT2D eigenvalue weighted by atomic mass is 10.1. The van der Waals surface area contributed by atoms with Gasteiger partial charge in [0, 0.05) is 12.1 Å². The molecular weight excluding hydrogens is 233 g/mol. The third-order valence-corrected chi connectivity index (χ3v) is 2.51. The van der Waals surface area contributed by atoms with E-state index in [0.29, 0.717) is 18.8 Å². The summed E-state index contributed by atoms with van der Waals surface area (Å²) in [4.78, 5) is 0. The van der Waals surface area contributed by atoms with Gasteiger partial charge in [0.05, 0.1) is 26.4 Å². The molecule has 0 aromatic heterocycles. The molecule has 1 aromatic rings. The fourth-order valence-corrected chi connectivity index (χ4v) is 1.72. The van der Waals surface area contributed by atoms with Crippen LogP contribution in [0.1, 0.15) is 11.6 Å². The van der Waals surface area contributed by atoms with Crippen molar-refractivity contribution in [1.82, 2.24) is 5.32 Å². The maximum Gasteiger partial charge on any atom is 0.169 e. The molecule has 0 unspecified atom stereocenters. The van der Waals surface area contributed by atoms with Crippen LogP contribution in [-0.4, -0.2) is 26.9 Å². The predicted octanol–water partition coefficient (Wildman–Crippen LogP) is 1.92. The summed E-state index contributed by atoms with van der Waals surface area (Å²) in [5, 5.41) is 3.21. The smallest absolute Gasteiger partial charge is 0.169 e. The van der Waals surface area contributed by atoms with Crippen molar-refractivity contribution in [3.63, 3.8) is 0 Å². The average molecular weight is 248 g/mol. The van der Waals surface area contributed by atoms with Gasteiger partial charge in [-0.15, -0.1) is 12.4 Å². The van der Waals surface area contributed by atoms with Crippen LogP contribution in [0.3, 0.4) is 0 Å². The lowest BCUT2D eigenvalue weighted by molar-refractivity contribution is 0.0756. The van der Waals surface area contributed by atoms with Crippen LogP contribution in [0.2, 0.25) is 0 Å². The van der Waals surface area contributed by atoms with Crippen molar-refractivity contribution in [1.29, 1.82) is 0 Å². The highest BCUT2D eigenvalue weighted by molar-refractivity contribution is 5.85. The van der Waals surface area contributed by atoms with Crippen molar-refractivity contribution < 1.29 is 13.9 Å². The number of ether oxygens (including phenoxy) is 2. The molecule has 0 amide bonds. The lowest BCUT2D eigenvalue weighted by Gasteiger charge is -2.24. The number of morpholine rings is 1. The molecule has 1 aliphatic rings. The zero-order valence-electron chi connectivity index (χ0n) is 9.03. The van der Waals surface area contributed by atoms with E-state index in [2.05, 4.69) is 5.32 Å². The Morgan fingerprint density at radius 2 is 2.31 bits per heavy atom. The third kappa shape index (κ3) is 2.64. The molecule has 0 radical (unpaired) electrons. The highest BCUT2D eigenvalue weighted by atomic mass is 35.5. The Hall–Kier alpha value is -0.840. The molecule has 1 heterocycles. The molecule has 1 aromatic carbocycles. The summed E-state index contributed by atoms with van der Waals surface area (Å²) in [5.41, 5.74) is 0.606. The Labute approximate surface area is 100 Å². The van der Waals surface area contributed by atoms with Gasteiger partial charge < -0.3 is 14.8 Å². The number of halogens is 2. The first-order chi connectivity index (χ1) is 7.33. The van der Waals surface area contributed by atoms with Crippen molar-refractivity contribution >= 4 is 12.4 Å². The molecule has 0 bridgehead atoms. The van der Waals surface area contributed by atoms with Crippen LogP contribution in [0.25, 0.3) is 0 Å². The molecular formula is C11H15ClFNO2. The van der Waals surface area contributed by atoms with Crippen LogP contribution in [0.4, 0.5) is 4.39 Å². The number of rotatable bonds is 2. The van der Waals surface area contributed by atoms with E-state index >= 15 is 0 Å². The fraction of sp³-hybridized carbons (Fsp3) is 0.455. The minimum atomic E-state index is -0.303. The van der Waals surface area contributed by atoms with E-state index in [4.69, 9.17) is 9.47 Å². The number of methoxy groups -OCH3 is 1. The maximum absolute atomic E-state index is 13.8. The minimum absolute atomic E-state index is 0. The van der Waals surface area contributed by atoms with Crippen LogP contribution in [-0.2, 0) is 4.74 Å². The summed E-state index contributed by atoms with van der Waals surface area (Å²) in [7, 11) is 1.47. The molecule has 2 rings (SSSR count). The quantitative estimate of drug-likeness (QED) is 0.866. The Balaban J connectivity index is 0.00000128. The molecule has 0 spiro atoms. The Morgan fingerprint density at radius 1 is 1.50 bits per heavy atom. The van der Waals surface area contributed by atoms with Gasteiger partial charge >= 0.3 is 0 Å². The van der Waals surface area contributed by atoms with Gasteiger partial charge in [0.2, 0.25) is 0 Å². The number of benzene rings is 1. The standard InChI is InChI=1S/C11H14FNO2.ClH/c1-14-10-4-2-3-8(11(10)12)9-7-15-6-5-13-9;/h2-4,9,13H,5-7H2,1H3;1H/t9-;/m0./s1. The first kappa shape index (κ1) is 13.2. The van der Waals surface area contributed by atoms with Crippen molar-refractivity contribution in [2.45, 2.75) is 6.04 Å². The first-order valence-electron chi connectivity index (χ1n) is 4.96. The van der Waals surface area contributed by atoms with Crippen LogP contribution in [0.5, 0.6) is 5.75 Å². The lowest BCUT2D eigenvalue weighted by Crippen LogP contribution is -2.35. The summed E-state index contributed by atoms with van der Waals surface area (Å²) >= 11 is 0. The van der Waals surface area contributed by atoms with Gasteiger partial charge in [-0.2, -0.15) is 0 Å². The zero-order chi connectivity index (χ0) is 10.7. The average Bonchev–Trinajstić information content (AvgIpc) is 2.30. The van der Waals surface area contributed by atoms with Crippen LogP contribution >= 0.6 is 12.4 Å². The molecule has 1 fully saturated rings. The second-order valence-corrected chi connectivity index (χ2v) is 3.45. The normalized spacial score (nSPS) is 20.0. The Kier molecular flexibility index (Phi) is 4.99. The van der Waals surface area contributed by atoms with Gasteiger partial charge in [0.15, 0.2) is 11.6 Å². The van der Waals surface area contributed by atoms with E-state index in [9.17, 15) is 4.39 Å². The SMILES string of the molecule is COc1cccc([C@@H]2COCCN2)c1F.Cl. The first-order valence-corrected chi connectivity index (χ1v) is 4.96. The maximum atomic E-state index is 13.8. The van der Waals surface area contributed by atoms with Gasteiger partial charge in [-0.3, -0.25) is 0 Å². The van der Waals surface area contributed by atoms with Crippen molar-refractivity contribution in [3.8, 4) is 5.75 Å². The molecule has 0 aliphatic carbocycles. The Bertz CT molecular complexity index is 343. The monoisotopic (exact) mass is 247 g/mol. The number of hydrogen-bond donors (Lipinski definition) is 1. The van der Waals surface area contributed by atoms with E-state index in [1.54, 1.807) is 18.2 Å². The van der Waals surface area contributed by atoms with Crippen LogP contribution in [0, 0.1) is 5.82 Å². The summed E-state index contributed by atoms with van der Waals surface area (Å²) in [5.74, 6) is -0.0251. The van der Waals surface area contributed by atoms with Crippen molar-refractivity contribution in [2.24, 2.45) is 0 Å². The number of nitrogens with one attached hydrogen (secondary N) is 1. The van der Waals surface area contributed by atoms with E-state index in [0.717, 1.165) is 6.54 Å². The van der Waals surface area contributed by atoms with E-state index in [-0.39, 0.29) is 30.0 Å². The predicted molar refractivity (Wildman–Crippen MR) is 61.8 cm³/mol. The highest BCUT2D eigenvalue weighted by Gasteiger charge is 2.20. The van der Waals surface area contributed by atoms with Crippen molar-refractivity contribution in [3.05, 3.63) is 29.6 Å². The molecule has 1 saturated heterocycles. The van der Waals surface area contributed by atoms with Crippen molar-refractivity contribution in [2.75, 3.05) is 26.9 Å². The second kappa shape index (κ2) is 6.03. The second-order valence-electron chi connectivity index (χ2n) is 3.45. The van der Waals surface area contributed by atoms with Crippen LogP contribution in [0.15, 0.2) is 18.2 Å². The molecule has 1 aliphatic heterocycles. The van der Waals surface area contributed by atoms with E-state index in [1.807, 2.05) is 0 Å². The molecule has 3 nitrogen and oxygen atoms in total. The zero-order valence-corrected chi connectivity index (χ0v) is 9.85. The largest absolute Gasteiger partial charge is 0.494 e. The van der Waals surface area contributed by atoms with E-state index < -0.39 is 0 Å². The van der Waals surface area contributed by atoms with E-state index in [1.165, 1.54) is 7.11 Å². The summed E-state index contributed by atoms with van der Waals surface area (Å²) in [6.45, 7) is 1.94. The summed E-state index contributed by atoms with van der Waals surface area (Å²) < 4.78 is 24.1. The molecule has 1 N–H and O–H groups in total. The van der Waals surface area contributed by atoms with Crippen LogP contribution < -0.4 is 10.1 Å². The molecule has 1 atom stereocenters. The molecule has 16 heavy (non-hydrogen) atoms. The van der Waals surface area contributed by atoms with Gasteiger partial charge in [-0.05, 0) is 6.07 Å². The van der Waals surface area contributed by atoms with Gasteiger partial charge in [-0.25, -0.2) is 4.39 Å². The summed E-state index contributed by atoms with van der Waals surface area (Å²) in [6, 6.07) is 5.08. The topological polar surface area (TPSA) is 30.5 Å². The minimum Gasteiger partial charge on any atom is -0.494 e. The molecule has 0 saturated carbocycles. The molecule has 5 heteroatoms.